The molecule has 0 aromatic heterocycles. The summed E-state index contributed by atoms with van der Waals surface area (Å²) >= 11 is 3.49. The maximum atomic E-state index is 11.6. The molecule has 16 heavy (non-hydrogen) atoms. The Bertz CT molecular complexity index is 352. The van der Waals surface area contributed by atoms with Gasteiger partial charge in [-0.3, -0.25) is 4.79 Å². The van der Waals surface area contributed by atoms with E-state index in [4.69, 9.17) is 0 Å². The first kappa shape index (κ1) is 13.2. The first-order valence-electron chi connectivity index (χ1n) is 5.69. The maximum Gasteiger partial charge on any atom is 0.220 e. The van der Waals surface area contributed by atoms with Crippen molar-refractivity contribution < 1.29 is 4.79 Å². The second kappa shape index (κ2) is 6.69. The summed E-state index contributed by atoms with van der Waals surface area (Å²) in [6.45, 7) is 4.09. The lowest BCUT2D eigenvalue weighted by Crippen LogP contribution is -2.26. The van der Waals surface area contributed by atoms with Crippen molar-refractivity contribution in [2.24, 2.45) is 0 Å². The molecule has 1 aromatic rings. The number of hydrogen-bond donors (Lipinski definition) is 1. The Morgan fingerprint density at radius 1 is 1.44 bits per heavy atom. The SMILES string of the molecule is CCCCC(=O)NC(C)c1ccccc1Br. The van der Waals surface area contributed by atoms with Crippen LogP contribution in [0.5, 0.6) is 0 Å². The topological polar surface area (TPSA) is 29.1 Å². The molecule has 0 bridgehead atoms. The van der Waals surface area contributed by atoms with Gasteiger partial charge in [0, 0.05) is 10.9 Å². The zero-order chi connectivity index (χ0) is 12.0. The summed E-state index contributed by atoms with van der Waals surface area (Å²) < 4.78 is 1.04. The Hall–Kier alpha value is -0.830. The molecule has 0 saturated carbocycles. The van der Waals surface area contributed by atoms with E-state index in [1.165, 1.54) is 0 Å². The van der Waals surface area contributed by atoms with E-state index in [1.54, 1.807) is 0 Å². The summed E-state index contributed by atoms with van der Waals surface area (Å²) in [7, 11) is 0. The molecule has 3 heteroatoms. The Morgan fingerprint density at radius 3 is 2.75 bits per heavy atom. The van der Waals surface area contributed by atoms with Crippen LogP contribution < -0.4 is 5.32 Å². The van der Waals surface area contributed by atoms with E-state index in [0.717, 1.165) is 22.9 Å². The fourth-order valence-corrected chi connectivity index (χ4v) is 2.18. The van der Waals surface area contributed by atoms with E-state index in [0.29, 0.717) is 6.42 Å². The van der Waals surface area contributed by atoms with Gasteiger partial charge >= 0.3 is 0 Å². The van der Waals surface area contributed by atoms with E-state index in [1.807, 2.05) is 31.2 Å². The van der Waals surface area contributed by atoms with Crippen molar-refractivity contribution in [2.75, 3.05) is 0 Å². The van der Waals surface area contributed by atoms with Crippen LogP contribution in [-0.2, 0) is 4.79 Å². The Balaban J connectivity index is 2.55. The van der Waals surface area contributed by atoms with Crippen LogP contribution >= 0.6 is 15.9 Å². The molecule has 1 amide bonds. The summed E-state index contributed by atoms with van der Waals surface area (Å²) in [6, 6.07) is 8.02. The highest BCUT2D eigenvalue weighted by Crippen LogP contribution is 2.22. The molecule has 0 aliphatic rings. The molecular weight excluding hydrogens is 266 g/mol. The lowest BCUT2D eigenvalue weighted by molar-refractivity contribution is -0.121. The fourth-order valence-electron chi connectivity index (χ4n) is 1.56. The van der Waals surface area contributed by atoms with E-state index in [2.05, 4.69) is 28.2 Å². The Morgan fingerprint density at radius 2 is 2.12 bits per heavy atom. The number of benzene rings is 1. The molecule has 0 radical (unpaired) electrons. The third-order valence-electron chi connectivity index (χ3n) is 2.51. The molecule has 0 heterocycles. The average Bonchev–Trinajstić information content (AvgIpc) is 2.26. The molecule has 1 N–H and O–H groups in total. The van der Waals surface area contributed by atoms with Crippen LogP contribution in [0.1, 0.15) is 44.7 Å². The predicted molar refractivity (Wildman–Crippen MR) is 70.2 cm³/mol. The zero-order valence-electron chi connectivity index (χ0n) is 9.79. The van der Waals surface area contributed by atoms with Gasteiger partial charge in [-0.1, -0.05) is 47.5 Å². The quantitative estimate of drug-likeness (QED) is 0.875. The normalized spacial score (nSPS) is 12.2. The smallest absolute Gasteiger partial charge is 0.220 e. The molecular formula is C13H18BrNO. The number of rotatable bonds is 5. The molecule has 0 saturated heterocycles. The van der Waals surface area contributed by atoms with Crippen molar-refractivity contribution in [3.63, 3.8) is 0 Å². The molecule has 0 spiro atoms. The van der Waals surface area contributed by atoms with Gasteiger partial charge in [-0.15, -0.1) is 0 Å². The Kier molecular flexibility index (Phi) is 5.53. The third kappa shape index (κ3) is 3.97. The third-order valence-corrected chi connectivity index (χ3v) is 3.23. The minimum Gasteiger partial charge on any atom is -0.350 e. The number of amides is 1. The summed E-state index contributed by atoms with van der Waals surface area (Å²) in [5, 5.41) is 3.00. The van der Waals surface area contributed by atoms with Crippen molar-refractivity contribution >= 4 is 21.8 Å². The first-order valence-corrected chi connectivity index (χ1v) is 6.48. The minimum atomic E-state index is 0.0555. The lowest BCUT2D eigenvalue weighted by Gasteiger charge is -2.15. The monoisotopic (exact) mass is 283 g/mol. The van der Waals surface area contributed by atoms with Crippen molar-refractivity contribution in [1.82, 2.24) is 5.32 Å². The molecule has 1 atom stereocenters. The number of halogens is 1. The van der Waals surface area contributed by atoms with Crippen LogP contribution in [0.15, 0.2) is 28.7 Å². The fraction of sp³-hybridized carbons (Fsp3) is 0.462. The number of nitrogens with one attached hydrogen (secondary N) is 1. The second-order valence-corrected chi connectivity index (χ2v) is 4.77. The maximum absolute atomic E-state index is 11.6. The summed E-state index contributed by atoms with van der Waals surface area (Å²) in [4.78, 5) is 11.6. The van der Waals surface area contributed by atoms with E-state index < -0.39 is 0 Å². The van der Waals surface area contributed by atoms with Crippen molar-refractivity contribution in [1.29, 1.82) is 0 Å². The van der Waals surface area contributed by atoms with Crippen molar-refractivity contribution in [2.45, 2.75) is 39.2 Å². The summed E-state index contributed by atoms with van der Waals surface area (Å²) in [6.07, 6.45) is 2.62. The number of unbranched alkanes of at least 4 members (excludes halogenated alkanes) is 1. The number of carbonyl (C=O) groups excluding carboxylic acids is 1. The highest BCUT2D eigenvalue weighted by Gasteiger charge is 2.11. The van der Waals surface area contributed by atoms with Gasteiger partial charge in [0.25, 0.3) is 0 Å². The molecule has 1 aromatic carbocycles. The number of hydrogen-bond acceptors (Lipinski definition) is 1. The van der Waals surface area contributed by atoms with Crippen LogP contribution in [-0.4, -0.2) is 5.91 Å². The molecule has 0 fully saturated rings. The highest BCUT2D eigenvalue weighted by molar-refractivity contribution is 9.10. The summed E-state index contributed by atoms with van der Waals surface area (Å²) in [5.41, 5.74) is 1.12. The zero-order valence-corrected chi connectivity index (χ0v) is 11.4. The van der Waals surface area contributed by atoms with Crippen LogP contribution in [0.25, 0.3) is 0 Å². The van der Waals surface area contributed by atoms with Crippen molar-refractivity contribution in [3.05, 3.63) is 34.3 Å². The molecule has 88 valence electrons. The van der Waals surface area contributed by atoms with Gasteiger partial charge in [0.2, 0.25) is 5.91 Å². The van der Waals surface area contributed by atoms with Gasteiger partial charge in [-0.2, -0.15) is 0 Å². The van der Waals surface area contributed by atoms with E-state index in [9.17, 15) is 4.79 Å². The van der Waals surface area contributed by atoms with Crippen LogP contribution in [0.3, 0.4) is 0 Å². The van der Waals surface area contributed by atoms with Gasteiger partial charge in [0.05, 0.1) is 6.04 Å². The van der Waals surface area contributed by atoms with Gasteiger partial charge in [-0.05, 0) is 25.0 Å². The average molecular weight is 284 g/mol. The molecule has 2 nitrogen and oxygen atoms in total. The Labute approximate surface area is 106 Å². The molecule has 1 rings (SSSR count). The van der Waals surface area contributed by atoms with Crippen LogP contribution in [0.4, 0.5) is 0 Å². The standard InChI is InChI=1S/C13H18BrNO/c1-3-4-9-13(16)15-10(2)11-7-5-6-8-12(11)14/h5-8,10H,3-4,9H2,1-2H3,(H,15,16). The molecule has 1 unspecified atom stereocenters. The predicted octanol–water partition coefficient (Wildman–Crippen LogP) is 3.82. The van der Waals surface area contributed by atoms with Crippen molar-refractivity contribution in [3.8, 4) is 0 Å². The first-order chi connectivity index (χ1) is 7.65. The van der Waals surface area contributed by atoms with Gasteiger partial charge in [0.15, 0.2) is 0 Å². The van der Waals surface area contributed by atoms with Crippen LogP contribution in [0, 0.1) is 0 Å². The van der Waals surface area contributed by atoms with E-state index >= 15 is 0 Å². The van der Waals surface area contributed by atoms with Gasteiger partial charge in [0.1, 0.15) is 0 Å². The largest absolute Gasteiger partial charge is 0.350 e. The minimum absolute atomic E-state index is 0.0555. The van der Waals surface area contributed by atoms with E-state index in [-0.39, 0.29) is 11.9 Å². The lowest BCUT2D eigenvalue weighted by atomic mass is 10.1. The highest BCUT2D eigenvalue weighted by atomic mass is 79.9. The van der Waals surface area contributed by atoms with Crippen LogP contribution in [0.2, 0.25) is 0 Å². The molecule has 0 aliphatic heterocycles. The number of carbonyl (C=O) groups is 1. The second-order valence-electron chi connectivity index (χ2n) is 3.91. The van der Waals surface area contributed by atoms with Gasteiger partial charge < -0.3 is 5.32 Å². The summed E-state index contributed by atoms with van der Waals surface area (Å²) in [5.74, 6) is 0.130. The van der Waals surface area contributed by atoms with Gasteiger partial charge in [-0.25, -0.2) is 0 Å². The molecule has 0 aliphatic carbocycles.